The second kappa shape index (κ2) is 9.57. The second-order valence-corrected chi connectivity index (χ2v) is 7.13. The van der Waals surface area contributed by atoms with Crippen LogP contribution < -0.4 is 15.0 Å². The first-order valence-electron chi connectivity index (χ1n) is 10.00. The van der Waals surface area contributed by atoms with Crippen molar-refractivity contribution in [3.63, 3.8) is 0 Å². The van der Waals surface area contributed by atoms with Crippen molar-refractivity contribution in [3.8, 4) is 5.75 Å². The van der Waals surface area contributed by atoms with Gasteiger partial charge in [-0.05, 0) is 42.0 Å². The highest BCUT2D eigenvalue weighted by molar-refractivity contribution is 6.08. The molecule has 1 aliphatic heterocycles. The van der Waals surface area contributed by atoms with E-state index in [9.17, 15) is 13.6 Å². The van der Waals surface area contributed by atoms with Crippen molar-refractivity contribution >= 4 is 17.3 Å². The van der Waals surface area contributed by atoms with E-state index in [4.69, 9.17) is 9.47 Å². The van der Waals surface area contributed by atoms with Crippen LogP contribution in [0.2, 0.25) is 0 Å². The zero-order valence-electron chi connectivity index (χ0n) is 16.8. The molecule has 0 aliphatic carbocycles. The number of halogens is 2. The first-order valence-corrected chi connectivity index (χ1v) is 10.00. The minimum absolute atomic E-state index is 0.0241. The van der Waals surface area contributed by atoms with Crippen LogP contribution in [0.1, 0.15) is 15.9 Å². The van der Waals surface area contributed by atoms with Crippen LogP contribution >= 0.6 is 0 Å². The van der Waals surface area contributed by atoms with Gasteiger partial charge >= 0.3 is 0 Å². The van der Waals surface area contributed by atoms with Gasteiger partial charge in [-0.25, -0.2) is 8.78 Å². The van der Waals surface area contributed by atoms with Crippen LogP contribution in [0.25, 0.3) is 0 Å². The number of nitrogens with zero attached hydrogens (tertiary/aromatic N) is 1. The van der Waals surface area contributed by atoms with Gasteiger partial charge in [0.05, 0.1) is 18.8 Å². The molecule has 1 amide bonds. The number of amides is 1. The van der Waals surface area contributed by atoms with Crippen LogP contribution in [0.3, 0.4) is 0 Å². The molecular formula is C24H22F2N2O3. The largest absolute Gasteiger partial charge is 0.486 e. The standard InChI is InChI=1S/C24H22F2N2O3/c25-18-5-3-4-17(14-18)16-31-23-9-8-19(15-21(23)26)27-24(29)20-6-1-2-7-22(20)28-10-12-30-13-11-28/h1-9,14-15H,10-13,16H2,(H,27,29). The summed E-state index contributed by atoms with van der Waals surface area (Å²) in [6.45, 7) is 2.66. The Hall–Kier alpha value is -3.45. The maximum Gasteiger partial charge on any atom is 0.257 e. The Morgan fingerprint density at radius 2 is 1.81 bits per heavy atom. The van der Waals surface area contributed by atoms with Gasteiger partial charge in [0, 0.05) is 30.5 Å². The highest BCUT2D eigenvalue weighted by atomic mass is 19.1. The second-order valence-electron chi connectivity index (χ2n) is 7.13. The van der Waals surface area contributed by atoms with Gasteiger partial charge in [0.1, 0.15) is 12.4 Å². The molecule has 1 fully saturated rings. The SMILES string of the molecule is O=C(Nc1ccc(OCc2cccc(F)c2)c(F)c1)c1ccccc1N1CCOCC1. The number of ether oxygens (including phenoxy) is 2. The Kier molecular flexibility index (Phi) is 6.43. The van der Waals surface area contributed by atoms with Crippen molar-refractivity contribution in [1.29, 1.82) is 0 Å². The maximum atomic E-state index is 14.5. The summed E-state index contributed by atoms with van der Waals surface area (Å²) in [5.41, 5.74) is 2.24. The van der Waals surface area contributed by atoms with E-state index in [1.165, 1.54) is 24.3 Å². The molecule has 31 heavy (non-hydrogen) atoms. The van der Waals surface area contributed by atoms with Crippen LogP contribution in [0.15, 0.2) is 66.7 Å². The van der Waals surface area contributed by atoms with E-state index in [0.717, 1.165) is 5.69 Å². The molecule has 0 saturated carbocycles. The molecule has 0 spiro atoms. The van der Waals surface area contributed by atoms with Gasteiger partial charge in [0.25, 0.3) is 5.91 Å². The van der Waals surface area contributed by atoms with E-state index in [-0.39, 0.29) is 24.1 Å². The number of benzene rings is 3. The van der Waals surface area contributed by atoms with Crippen molar-refractivity contribution < 1.29 is 23.0 Å². The molecule has 0 aromatic heterocycles. The number of rotatable bonds is 6. The number of hydrogen-bond donors (Lipinski definition) is 1. The molecule has 1 aliphatic rings. The number of anilines is 2. The van der Waals surface area contributed by atoms with E-state index in [2.05, 4.69) is 10.2 Å². The molecule has 0 radical (unpaired) electrons. The first-order chi connectivity index (χ1) is 15.1. The molecule has 0 bridgehead atoms. The maximum absolute atomic E-state index is 14.5. The lowest BCUT2D eigenvalue weighted by molar-refractivity contribution is 0.102. The summed E-state index contributed by atoms with van der Waals surface area (Å²) in [5.74, 6) is -1.29. The third-order valence-electron chi connectivity index (χ3n) is 4.97. The summed E-state index contributed by atoms with van der Waals surface area (Å²) in [4.78, 5) is 15.0. The van der Waals surface area contributed by atoms with Gasteiger partial charge in [-0.15, -0.1) is 0 Å². The molecule has 0 atom stereocenters. The molecule has 1 saturated heterocycles. The number of carbonyl (C=O) groups is 1. The molecule has 1 heterocycles. The lowest BCUT2D eigenvalue weighted by Crippen LogP contribution is -2.37. The van der Waals surface area contributed by atoms with Crippen molar-refractivity contribution in [2.75, 3.05) is 36.5 Å². The summed E-state index contributed by atoms with van der Waals surface area (Å²) in [6.07, 6.45) is 0. The Bertz CT molecular complexity index is 1070. The fourth-order valence-corrected chi connectivity index (χ4v) is 3.43. The quantitative estimate of drug-likeness (QED) is 0.627. The fourth-order valence-electron chi connectivity index (χ4n) is 3.43. The van der Waals surface area contributed by atoms with E-state index < -0.39 is 5.82 Å². The van der Waals surface area contributed by atoms with Crippen molar-refractivity contribution in [2.45, 2.75) is 6.61 Å². The van der Waals surface area contributed by atoms with Crippen LogP contribution in [-0.2, 0) is 11.3 Å². The molecule has 0 unspecified atom stereocenters. The zero-order valence-corrected chi connectivity index (χ0v) is 16.8. The highest BCUT2D eigenvalue weighted by Crippen LogP contribution is 2.25. The summed E-state index contributed by atoms with van der Waals surface area (Å²) in [7, 11) is 0. The summed E-state index contributed by atoms with van der Waals surface area (Å²) in [5, 5.41) is 2.75. The fraction of sp³-hybridized carbons (Fsp3) is 0.208. The van der Waals surface area contributed by atoms with E-state index in [1.807, 2.05) is 12.1 Å². The van der Waals surface area contributed by atoms with Crippen molar-refractivity contribution in [1.82, 2.24) is 0 Å². The van der Waals surface area contributed by atoms with Gasteiger partial charge in [0.15, 0.2) is 11.6 Å². The molecule has 7 heteroatoms. The molecule has 4 rings (SSSR count). The van der Waals surface area contributed by atoms with Crippen molar-refractivity contribution in [3.05, 3.63) is 89.5 Å². The Labute approximate surface area is 179 Å². The Morgan fingerprint density at radius 1 is 1.00 bits per heavy atom. The Balaban J connectivity index is 1.44. The predicted molar refractivity (Wildman–Crippen MR) is 115 cm³/mol. The first kappa shape index (κ1) is 20.8. The van der Waals surface area contributed by atoms with Gasteiger partial charge in [-0.1, -0.05) is 24.3 Å². The van der Waals surface area contributed by atoms with E-state index in [0.29, 0.717) is 43.1 Å². The van der Waals surface area contributed by atoms with Gasteiger partial charge < -0.3 is 19.7 Å². The third kappa shape index (κ3) is 5.19. The number of morpholine rings is 1. The number of hydrogen-bond acceptors (Lipinski definition) is 4. The lowest BCUT2D eigenvalue weighted by Gasteiger charge is -2.30. The third-order valence-corrected chi connectivity index (χ3v) is 4.97. The minimum atomic E-state index is -0.615. The molecule has 3 aromatic rings. The van der Waals surface area contributed by atoms with Crippen molar-refractivity contribution in [2.24, 2.45) is 0 Å². The molecular weight excluding hydrogens is 402 g/mol. The average Bonchev–Trinajstić information content (AvgIpc) is 2.79. The van der Waals surface area contributed by atoms with Gasteiger partial charge in [-0.2, -0.15) is 0 Å². The van der Waals surface area contributed by atoms with Gasteiger partial charge in [0.2, 0.25) is 0 Å². The zero-order chi connectivity index (χ0) is 21.6. The predicted octanol–water partition coefficient (Wildman–Crippen LogP) is 4.63. The average molecular weight is 424 g/mol. The number of carbonyl (C=O) groups excluding carboxylic acids is 1. The van der Waals surface area contributed by atoms with Gasteiger partial charge in [-0.3, -0.25) is 4.79 Å². The molecule has 5 nitrogen and oxygen atoms in total. The summed E-state index contributed by atoms with van der Waals surface area (Å²) in [6, 6.07) is 17.5. The van der Waals surface area contributed by atoms with Crippen LogP contribution in [0.4, 0.5) is 20.2 Å². The van der Waals surface area contributed by atoms with Crippen LogP contribution in [0.5, 0.6) is 5.75 Å². The highest BCUT2D eigenvalue weighted by Gasteiger charge is 2.19. The summed E-state index contributed by atoms with van der Waals surface area (Å²) < 4.78 is 38.6. The molecule has 1 N–H and O–H groups in total. The topological polar surface area (TPSA) is 50.8 Å². The van der Waals surface area contributed by atoms with Crippen LogP contribution in [-0.4, -0.2) is 32.2 Å². The Morgan fingerprint density at radius 3 is 2.58 bits per heavy atom. The molecule has 160 valence electrons. The van der Waals surface area contributed by atoms with E-state index >= 15 is 0 Å². The normalized spacial score (nSPS) is 13.7. The molecule has 3 aromatic carbocycles. The lowest BCUT2D eigenvalue weighted by atomic mass is 10.1. The minimum Gasteiger partial charge on any atom is -0.486 e. The number of para-hydroxylation sites is 1. The van der Waals surface area contributed by atoms with Crippen LogP contribution in [0, 0.1) is 11.6 Å². The monoisotopic (exact) mass is 424 g/mol. The summed E-state index contributed by atoms with van der Waals surface area (Å²) >= 11 is 0. The smallest absolute Gasteiger partial charge is 0.257 e. The number of nitrogens with one attached hydrogen (secondary N) is 1. The van der Waals surface area contributed by atoms with E-state index in [1.54, 1.807) is 30.3 Å².